The number of carbonyl (C=O) groups excluding carboxylic acids is 1. The van der Waals surface area contributed by atoms with Crippen molar-refractivity contribution < 1.29 is 9.53 Å². The van der Waals surface area contributed by atoms with Crippen LogP contribution in [-0.2, 0) is 21.4 Å². The van der Waals surface area contributed by atoms with E-state index < -0.39 is 0 Å². The Hall–Kier alpha value is -2.66. The lowest BCUT2D eigenvalue weighted by atomic mass is 9.68. The van der Waals surface area contributed by atoms with Gasteiger partial charge >= 0.3 is 0 Å². The molecule has 1 aliphatic heterocycles. The molecular weight excluding hydrogens is 386 g/mol. The second-order valence-electron chi connectivity index (χ2n) is 9.08. The SMILES string of the molecule is O=C(N1CCOC[C@H](Cc2nccn3cccc23)C1)C1(c2ccccc2)CCCCC1. The van der Waals surface area contributed by atoms with Crippen molar-refractivity contribution >= 4 is 11.4 Å². The Labute approximate surface area is 184 Å². The quantitative estimate of drug-likeness (QED) is 0.637. The molecule has 5 heteroatoms. The van der Waals surface area contributed by atoms with E-state index >= 15 is 0 Å². The normalized spacial score (nSPS) is 21.7. The molecule has 1 saturated carbocycles. The van der Waals surface area contributed by atoms with Crippen molar-refractivity contribution in [2.45, 2.75) is 43.9 Å². The molecule has 162 valence electrons. The molecule has 2 fully saturated rings. The molecule has 5 nitrogen and oxygen atoms in total. The van der Waals surface area contributed by atoms with Gasteiger partial charge in [0, 0.05) is 37.6 Å². The molecule has 1 atom stereocenters. The van der Waals surface area contributed by atoms with Gasteiger partial charge in [0.25, 0.3) is 0 Å². The average Bonchev–Trinajstić information content (AvgIpc) is 3.20. The monoisotopic (exact) mass is 417 g/mol. The number of nitrogens with zero attached hydrogens (tertiary/aromatic N) is 3. The third-order valence-corrected chi connectivity index (χ3v) is 7.08. The number of hydrogen-bond acceptors (Lipinski definition) is 3. The van der Waals surface area contributed by atoms with Gasteiger partial charge in [-0.1, -0.05) is 49.6 Å². The second kappa shape index (κ2) is 8.83. The zero-order valence-corrected chi connectivity index (χ0v) is 18.1. The summed E-state index contributed by atoms with van der Waals surface area (Å²) in [6.45, 7) is 2.69. The van der Waals surface area contributed by atoms with Crippen LogP contribution in [0, 0.1) is 5.92 Å². The Kier molecular flexibility index (Phi) is 5.77. The molecule has 5 rings (SSSR count). The highest BCUT2D eigenvalue weighted by Crippen LogP contribution is 2.41. The first-order valence-electron chi connectivity index (χ1n) is 11.6. The first-order valence-corrected chi connectivity index (χ1v) is 11.6. The lowest BCUT2D eigenvalue weighted by Crippen LogP contribution is -2.50. The molecule has 1 aromatic carbocycles. The second-order valence-corrected chi connectivity index (χ2v) is 9.08. The van der Waals surface area contributed by atoms with E-state index in [0.29, 0.717) is 25.7 Å². The van der Waals surface area contributed by atoms with Crippen molar-refractivity contribution in [3.63, 3.8) is 0 Å². The maximum absolute atomic E-state index is 14.0. The Morgan fingerprint density at radius 2 is 1.90 bits per heavy atom. The van der Waals surface area contributed by atoms with Crippen LogP contribution in [0.15, 0.2) is 61.1 Å². The molecule has 0 spiro atoms. The predicted molar refractivity (Wildman–Crippen MR) is 121 cm³/mol. The number of aromatic nitrogens is 2. The fourth-order valence-corrected chi connectivity index (χ4v) is 5.49. The van der Waals surface area contributed by atoms with Gasteiger partial charge in [0.1, 0.15) is 0 Å². The van der Waals surface area contributed by atoms with E-state index in [-0.39, 0.29) is 11.3 Å². The van der Waals surface area contributed by atoms with Gasteiger partial charge in [-0.15, -0.1) is 0 Å². The third kappa shape index (κ3) is 3.99. The summed E-state index contributed by atoms with van der Waals surface area (Å²) in [5, 5.41) is 0. The van der Waals surface area contributed by atoms with Crippen LogP contribution in [-0.4, -0.2) is 46.5 Å². The maximum atomic E-state index is 14.0. The van der Waals surface area contributed by atoms with Crippen LogP contribution in [0.2, 0.25) is 0 Å². The first-order chi connectivity index (χ1) is 15.3. The van der Waals surface area contributed by atoms with E-state index in [1.54, 1.807) is 0 Å². The van der Waals surface area contributed by atoms with Crippen molar-refractivity contribution in [3.05, 3.63) is 72.3 Å². The molecule has 3 aromatic rings. The number of benzene rings is 1. The van der Waals surface area contributed by atoms with E-state index in [1.165, 1.54) is 12.0 Å². The Bertz CT molecular complexity index is 1020. The topological polar surface area (TPSA) is 46.8 Å². The molecule has 0 unspecified atom stereocenters. The van der Waals surface area contributed by atoms with Crippen LogP contribution < -0.4 is 0 Å². The van der Waals surface area contributed by atoms with Crippen LogP contribution in [0.25, 0.3) is 5.52 Å². The van der Waals surface area contributed by atoms with Crippen molar-refractivity contribution in [3.8, 4) is 0 Å². The highest BCUT2D eigenvalue weighted by Gasteiger charge is 2.44. The van der Waals surface area contributed by atoms with E-state index in [1.807, 2.05) is 30.7 Å². The van der Waals surface area contributed by atoms with Crippen LogP contribution in [0.5, 0.6) is 0 Å². The number of amides is 1. The largest absolute Gasteiger partial charge is 0.379 e. The Morgan fingerprint density at radius 1 is 1.06 bits per heavy atom. The molecule has 1 saturated heterocycles. The molecule has 2 aliphatic rings. The molecular formula is C26H31N3O2. The van der Waals surface area contributed by atoms with Gasteiger partial charge in [-0.2, -0.15) is 0 Å². The van der Waals surface area contributed by atoms with Gasteiger partial charge in [0.05, 0.1) is 29.8 Å². The zero-order chi connectivity index (χ0) is 21.1. The number of carbonyl (C=O) groups is 1. The lowest BCUT2D eigenvalue weighted by molar-refractivity contribution is -0.139. The third-order valence-electron chi connectivity index (χ3n) is 7.08. The summed E-state index contributed by atoms with van der Waals surface area (Å²) in [5.74, 6) is 0.541. The van der Waals surface area contributed by atoms with Crippen molar-refractivity contribution in [2.75, 3.05) is 26.3 Å². The van der Waals surface area contributed by atoms with E-state index in [2.05, 4.69) is 44.6 Å². The molecule has 2 aromatic heterocycles. The fourth-order valence-electron chi connectivity index (χ4n) is 5.49. The molecule has 0 radical (unpaired) electrons. The van der Waals surface area contributed by atoms with Gasteiger partial charge in [-0.25, -0.2) is 0 Å². The number of ether oxygens (including phenoxy) is 1. The van der Waals surface area contributed by atoms with E-state index in [9.17, 15) is 4.79 Å². The van der Waals surface area contributed by atoms with Gasteiger partial charge in [0.15, 0.2) is 0 Å². The summed E-state index contributed by atoms with van der Waals surface area (Å²) >= 11 is 0. The first kappa shape index (κ1) is 20.3. The van der Waals surface area contributed by atoms with Crippen LogP contribution in [0.4, 0.5) is 0 Å². The minimum absolute atomic E-state index is 0.247. The van der Waals surface area contributed by atoms with Crippen LogP contribution in [0.3, 0.4) is 0 Å². The standard InChI is InChI=1S/C26H31N3O2/c30-25(26(11-5-2-6-12-26)22-8-3-1-4-9-22)29-16-17-31-20-21(19-29)18-23-24-10-7-14-28(24)15-13-27-23/h1,3-4,7-10,13-15,21H,2,5-6,11-12,16-20H2/t21-/m1/s1. The minimum atomic E-state index is -0.381. The van der Waals surface area contributed by atoms with Crippen LogP contribution >= 0.6 is 0 Å². The molecule has 0 N–H and O–H groups in total. The summed E-state index contributed by atoms with van der Waals surface area (Å²) in [7, 11) is 0. The minimum Gasteiger partial charge on any atom is -0.379 e. The van der Waals surface area contributed by atoms with Gasteiger partial charge in [-0.05, 0) is 37.0 Å². The molecule has 1 aliphatic carbocycles. The summed E-state index contributed by atoms with van der Waals surface area (Å²) in [4.78, 5) is 20.8. The van der Waals surface area contributed by atoms with Crippen molar-refractivity contribution in [1.82, 2.24) is 14.3 Å². The maximum Gasteiger partial charge on any atom is 0.233 e. The number of hydrogen-bond donors (Lipinski definition) is 0. The van der Waals surface area contributed by atoms with Crippen LogP contribution in [0.1, 0.15) is 43.4 Å². The fraction of sp³-hybridized carbons (Fsp3) is 0.462. The Balaban J connectivity index is 1.39. The summed E-state index contributed by atoms with van der Waals surface area (Å²) < 4.78 is 8.06. The zero-order valence-electron chi connectivity index (χ0n) is 18.1. The summed E-state index contributed by atoms with van der Waals surface area (Å²) in [6.07, 6.45) is 12.1. The molecule has 3 heterocycles. The molecule has 0 bridgehead atoms. The molecule has 31 heavy (non-hydrogen) atoms. The summed E-state index contributed by atoms with van der Waals surface area (Å²) in [5.41, 5.74) is 3.01. The smallest absolute Gasteiger partial charge is 0.233 e. The lowest BCUT2D eigenvalue weighted by Gasteiger charge is -2.40. The summed E-state index contributed by atoms with van der Waals surface area (Å²) in [6, 6.07) is 14.6. The van der Waals surface area contributed by atoms with Gasteiger partial charge in [-0.3, -0.25) is 9.78 Å². The van der Waals surface area contributed by atoms with Crippen molar-refractivity contribution in [2.24, 2.45) is 5.92 Å². The van der Waals surface area contributed by atoms with E-state index in [0.717, 1.165) is 49.9 Å². The predicted octanol–water partition coefficient (Wildman–Crippen LogP) is 4.25. The highest BCUT2D eigenvalue weighted by molar-refractivity contribution is 5.88. The van der Waals surface area contributed by atoms with Gasteiger partial charge < -0.3 is 14.0 Å². The van der Waals surface area contributed by atoms with Crippen molar-refractivity contribution in [1.29, 1.82) is 0 Å². The highest BCUT2D eigenvalue weighted by atomic mass is 16.5. The average molecular weight is 418 g/mol. The number of fused-ring (bicyclic) bond motifs is 1. The number of rotatable bonds is 4. The van der Waals surface area contributed by atoms with E-state index in [4.69, 9.17) is 4.74 Å². The van der Waals surface area contributed by atoms with Gasteiger partial charge in [0.2, 0.25) is 5.91 Å². The Morgan fingerprint density at radius 3 is 2.74 bits per heavy atom. The molecule has 1 amide bonds.